The number of anilines is 1. The van der Waals surface area contributed by atoms with Gasteiger partial charge in [-0.15, -0.1) is 0 Å². The SMILES string of the molecule is NC(=O)c1cc(NC(=O)CCNS(=O)(=O)c2ccc(C3CCCCC3)cc2)cc(C(N)=O)c1. The molecule has 10 heteroatoms. The average molecular weight is 473 g/mol. The monoisotopic (exact) mass is 472 g/mol. The molecular weight excluding hydrogens is 444 g/mol. The number of primary amides is 2. The zero-order valence-corrected chi connectivity index (χ0v) is 19.0. The van der Waals surface area contributed by atoms with Crippen LogP contribution in [-0.2, 0) is 14.8 Å². The third-order valence-corrected chi connectivity index (χ3v) is 7.17. The van der Waals surface area contributed by atoms with Crippen LogP contribution in [0, 0.1) is 0 Å². The topological polar surface area (TPSA) is 161 Å². The summed E-state index contributed by atoms with van der Waals surface area (Å²) in [6, 6.07) is 10.8. The maximum atomic E-state index is 12.6. The van der Waals surface area contributed by atoms with Crippen LogP contribution in [0.15, 0.2) is 47.4 Å². The molecule has 9 nitrogen and oxygen atoms in total. The van der Waals surface area contributed by atoms with Gasteiger partial charge in [0.15, 0.2) is 0 Å². The van der Waals surface area contributed by atoms with E-state index in [2.05, 4.69) is 10.0 Å². The van der Waals surface area contributed by atoms with Crippen LogP contribution >= 0.6 is 0 Å². The van der Waals surface area contributed by atoms with E-state index in [4.69, 9.17) is 11.5 Å². The largest absolute Gasteiger partial charge is 0.366 e. The minimum Gasteiger partial charge on any atom is -0.366 e. The molecule has 0 heterocycles. The van der Waals surface area contributed by atoms with Crippen molar-refractivity contribution >= 4 is 33.4 Å². The van der Waals surface area contributed by atoms with Crippen molar-refractivity contribution < 1.29 is 22.8 Å². The number of carbonyl (C=O) groups excluding carboxylic acids is 3. The fourth-order valence-electron chi connectivity index (χ4n) is 3.95. The molecule has 1 saturated carbocycles. The third kappa shape index (κ3) is 6.62. The molecule has 0 spiro atoms. The fraction of sp³-hybridized carbons (Fsp3) is 0.348. The molecule has 176 valence electrons. The van der Waals surface area contributed by atoms with Gasteiger partial charge in [0.2, 0.25) is 27.7 Å². The molecule has 0 aliphatic heterocycles. The van der Waals surface area contributed by atoms with Crippen molar-refractivity contribution in [3.05, 3.63) is 59.2 Å². The van der Waals surface area contributed by atoms with Crippen molar-refractivity contribution in [2.45, 2.75) is 49.3 Å². The summed E-state index contributed by atoms with van der Waals surface area (Å²) in [5.74, 6) is -1.59. The molecule has 1 aliphatic rings. The van der Waals surface area contributed by atoms with E-state index in [1.807, 2.05) is 12.1 Å². The lowest BCUT2D eigenvalue weighted by Gasteiger charge is -2.22. The van der Waals surface area contributed by atoms with Crippen LogP contribution in [0.4, 0.5) is 5.69 Å². The molecular formula is C23H28N4O5S. The molecule has 0 bridgehead atoms. The van der Waals surface area contributed by atoms with Crippen LogP contribution in [0.5, 0.6) is 0 Å². The van der Waals surface area contributed by atoms with Crippen molar-refractivity contribution in [1.82, 2.24) is 4.72 Å². The standard InChI is InChI=1S/C23H28N4O5S/c24-22(29)17-12-18(23(25)30)14-19(13-17)27-21(28)10-11-26-33(31,32)20-8-6-16(7-9-20)15-4-2-1-3-5-15/h6-9,12-15,26H,1-5,10-11H2,(H2,24,29)(H2,25,30)(H,27,28). The van der Waals surface area contributed by atoms with E-state index in [1.165, 1.54) is 37.5 Å². The van der Waals surface area contributed by atoms with Crippen molar-refractivity contribution in [1.29, 1.82) is 0 Å². The average Bonchev–Trinajstić information content (AvgIpc) is 2.79. The minimum atomic E-state index is -3.76. The van der Waals surface area contributed by atoms with E-state index >= 15 is 0 Å². The zero-order chi connectivity index (χ0) is 24.0. The Labute approximate surface area is 193 Å². The third-order valence-electron chi connectivity index (χ3n) is 5.70. The predicted molar refractivity (Wildman–Crippen MR) is 124 cm³/mol. The van der Waals surface area contributed by atoms with Gasteiger partial charge in [-0.3, -0.25) is 14.4 Å². The molecule has 3 rings (SSSR count). The maximum Gasteiger partial charge on any atom is 0.248 e. The van der Waals surface area contributed by atoms with Gasteiger partial charge >= 0.3 is 0 Å². The summed E-state index contributed by atoms with van der Waals surface area (Å²) >= 11 is 0. The van der Waals surface area contributed by atoms with Crippen molar-refractivity contribution in [2.75, 3.05) is 11.9 Å². The Morgan fingerprint density at radius 2 is 1.45 bits per heavy atom. The zero-order valence-electron chi connectivity index (χ0n) is 18.2. The second-order valence-electron chi connectivity index (χ2n) is 8.13. The number of rotatable bonds is 9. The van der Waals surface area contributed by atoms with Gasteiger partial charge in [0.1, 0.15) is 0 Å². The van der Waals surface area contributed by atoms with Gasteiger partial charge in [0, 0.05) is 29.8 Å². The van der Waals surface area contributed by atoms with E-state index in [-0.39, 0.29) is 34.7 Å². The lowest BCUT2D eigenvalue weighted by molar-refractivity contribution is -0.116. The summed E-state index contributed by atoms with van der Waals surface area (Å²) in [5.41, 5.74) is 11.8. The Hall–Kier alpha value is -3.24. The number of nitrogens with one attached hydrogen (secondary N) is 2. The Morgan fingerprint density at radius 1 is 0.879 bits per heavy atom. The highest BCUT2D eigenvalue weighted by atomic mass is 32.2. The Bertz CT molecular complexity index is 1110. The Kier molecular flexibility index (Phi) is 7.83. The Balaban J connectivity index is 1.56. The smallest absolute Gasteiger partial charge is 0.248 e. The number of hydrogen-bond acceptors (Lipinski definition) is 5. The fourth-order valence-corrected chi connectivity index (χ4v) is 4.98. The number of benzene rings is 2. The number of hydrogen-bond donors (Lipinski definition) is 4. The first kappa shape index (κ1) is 24.4. The van der Waals surface area contributed by atoms with Crippen LogP contribution in [0.25, 0.3) is 0 Å². The van der Waals surface area contributed by atoms with Crippen LogP contribution in [0.3, 0.4) is 0 Å². The van der Waals surface area contributed by atoms with Crippen LogP contribution in [0.2, 0.25) is 0 Å². The molecule has 0 aromatic heterocycles. The first-order valence-electron chi connectivity index (χ1n) is 10.8. The summed E-state index contributed by atoms with van der Waals surface area (Å²) in [7, 11) is -3.76. The highest BCUT2D eigenvalue weighted by Gasteiger charge is 2.18. The van der Waals surface area contributed by atoms with E-state index in [1.54, 1.807) is 12.1 Å². The summed E-state index contributed by atoms with van der Waals surface area (Å²) < 4.78 is 27.5. The lowest BCUT2D eigenvalue weighted by Crippen LogP contribution is -2.28. The highest BCUT2D eigenvalue weighted by molar-refractivity contribution is 7.89. The van der Waals surface area contributed by atoms with E-state index in [0.717, 1.165) is 18.4 Å². The first-order valence-corrected chi connectivity index (χ1v) is 12.3. The van der Waals surface area contributed by atoms with Gasteiger partial charge in [0.05, 0.1) is 4.90 Å². The van der Waals surface area contributed by atoms with Gasteiger partial charge in [0.25, 0.3) is 0 Å². The molecule has 2 aromatic carbocycles. The second-order valence-corrected chi connectivity index (χ2v) is 9.89. The molecule has 2 aromatic rings. The number of amides is 3. The summed E-state index contributed by atoms with van der Waals surface area (Å²) in [4.78, 5) is 35.2. The van der Waals surface area contributed by atoms with Gasteiger partial charge < -0.3 is 16.8 Å². The normalized spacial score (nSPS) is 14.5. The second kappa shape index (κ2) is 10.6. The molecule has 1 aliphatic carbocycles. The van der Waals surface area contributed by atoms with Gasteiger partial charge in [-0.25, -0.2) is 13.1 Å². The van der Waals surface area contributed by atoms with Crippen molar-refractivity contribution in [3.63, 3.8) is 0 Å². The molecule has 0 unspecified atom stereocenters. The van der Waals surface area contributed by atoms with Crippen LogP contribution in [0.1, 0.15) is 70.7 Å². The molecule has 6 N–H and O–H groups in total. The molecule has 0 atom stereocenters. The molecule has 0 saturated heterocycles. The van der Waals surface area contributed by atoms with Gasteiger partial charge in [-0.1, -0.05) is 31.4 Å². The van der Waals surface area contributed by atoms with Gasteiger partial charge in [-0.05, 0) is 54.7 Å². The van der Waals surface area contributed by atoms with E-state index in [9.17, 15) is 22.8 Å². The summed E-state index contributed by atoms with van der Waals surface area (Å²) in [6.45, 7) is -0.128. The number of nitrogens with two attached hydrogens (primary N) is 2. The quantitative estimate of drug-likeness (QED) is 0.439. The minimum absolute atomic E-state index is 0.0129. The summed E-state index contributed by atoms with van der Waals surface area (Å²) in [5, 5.41) is 2.51. The Morgan fingerprint density at radius 3 is 2.00 bits per heavy atom. The molecule has 0 radical (unpaired) electrons. The van der Waals surface area contributed by atoms with Crippen molar-refractivity contribution in [3.8, 4) is 0 Å². The molecule has 33 heavy (non-hydrogen) atoms. The predicted octanol–water partition coefficient (Wildman–Crippen LogP) is 2.24. The summed E-state index contributed by atoms with van der Waals surface area (Å²) in [6.07, 6.45) is 5.75. The highest BCUT2D eigenvalue weighted by Crippen LogP contribution is 2.32. The van der Waals surface area contributed by atoms with Crippen LogP contribution in [-0.4, -0.2) is 32.7 Å². The first-order chi connectivity index (χ1) is 15.7. The van der Waals surface area contributed by atoms with E-state index < -0.39 is 27.7 Å². The van der Waals surface area contributed by atoms with Gasteiger partial charge in [-0.2, -0.15) is 0 Å². The maximum absolute atomic E-state index is 12.6. The lowest BCUT2D eigenvalue weighted by atomic mass is 9.84. The van der Waals surface area contributed by atoms with Crippen molar-refractivity contribution in [2.24, 2.45) is 11.5 Å². The molecule has 3 amide bonds. The van der Waals surface area contributed by atoms with Crippen LogP contribution < -0.4 is 21.5 Å². The van der Waals surface area contributed by atoms with E-state index in [0.29, 0.717) is 5.92 Å². The number of carbonyl (C=O) groups is 3. The number of sulfonamides is 1. The molecule has 1 fully saturated rings.